The van der Waals surface area contributed by atoms with Gasteiger partial charge in [0.15, 0.2) is 0 Å². The number of rotatable bonds is 1. The van der Waals surface area contributed by atoms with E-state index in [9.17, 15) is 0 Å². The Balaban J connectivity index is 2.00. The molecule has 1 fully saturated rings. The van der Waals surface area contributed by atoms with E-state index in [4.69, 9.17) is 0 Å². The van der Waals surface area contributed by atoms with Crippen molar-refractivity contribution in [3.63, 3.8) is 0 Å². The average molecular weight is 214 g/mol. The van der Waals surface area contributed by atoms with E-state index in [1.807, 2.05) is 6.20 Å². The highest BCUT2D eigenvalue weighted by Crippen LogP contribution is 2.31. The maximum Gasteiger partial charge on any atom is 0.0456 e. The van der Waals surface area contributed by atoms with Crippen LogP contribution in [0.3, 0.4) is 0 Å². The number of aromatic nitrogens is 1. The summed E-state index contributed by atoms with van der Waals surface area (Å²) in [6.07, 6.45) is 5.93. The molecule has 0 bridgehead atoms. The van der Waals surface area contributed by atoms with Crippen LogP contribution >= 0.6 is 0 Å². The second-order valence-corrected chi connectivity index (χ2v) is 4.66. The first-order chi connectivity index (χ1) is 7.95. The maximum atomic E-state index is 3.48. The van der Waals surface area contributed by atoms with Gasteiger partial charge in [0.25, 0.3) is 0 Å². The Morgan fingerprint density at radius 1 is 1.06 bits per heavy atom. The molecule has 1 unspecified atom stereocenters. The molecule has 2 heterocycles. The molecule has 16 heavy (non-hydrogen) atoms. The second-order valence-electron chi connectivity index (χ2n) is 4.66. The fourth-order valence-corrected chi connectivity index (χ4v) is 2.80. The molecule has 2 aromatic rings. The van der Waals surface area contributed by atoms with E-state index < -0.39 is 0 Å². The summed E-state index contributed by atoms with van der Waals surface area (Å²) in [6, 6.07) is 8.84. The third-order valence-electron chi connectivity index (χ3n) is 3.64. The van der Waals surface area contributed by atoms with Gasteiger partial charge in [0, 0.05) is 17.1 Å². The van der Waals surface area contributed by atoms with Gasteiger partial charge in [-0.2, -0.15) is 0 Å². The van der Waals surface area contributed by atoms with Crippen LogP contribution in [0, 0.1) is 0 Å². The first-order valence-corrected chi connectivity index (χ1v) is 6.22. The number of benzene rings is 1. The van der Waals surface area contributed by atoms with Crippen LogP contribution in [0.5, 0.6) is 0 Å². The van der Waals surface area contributed by atoms with Gasteiger partial charge in [-0.3, -0.25) is 0 Å². The van der Waals surface area contributed by atoms with Gasteiger partial charge >= 0.3 is 0 Å². The van der Waals surface area contributed by atoms with Crippen LogP contribution in [-0.2, 0) is 0 Å². The van der Waals surface area contributed by atoms with Gasteiger partial charge in [-0.25, -0.2) is 0 Å². The monoisotopic (exact) mass is 214 g/mol. The van der Waals surface area contributed by atoms with Crippen molar-refractivity contribution in [3.05, 3.63) is 36.0 Å². The molecule has 84 valence electrons. The van der Waals surface area contributed by atoms with Crippen LogP contribution in [0.15, 0.2) is 30.5 Å². The zero-order valence-corrected chi connectivity index (χ0v) is 9.50. The highest BCUT2D eigenvalue weighted by Gasteiger charge is 2.16. The SMILES string of the molecule is c1cc(C2CCCNCC2)c2cc[nH]c2c1. The topological polar surface area (TPSA) is 27.8 Å². The molecule has 2 N–H and O–H groups in total. The van der Waals surface area contributed by atoms with Crippen molar-refractivity contribution < 1.29 is 0 Å². The number of fused-ring (bicyclic) bond motifs is 1. The molecular weight excluding hydrogens is 196 g/mol. The first kappa shape index (κ1) is 9.91. The zero-order chi connectivity index (χ0) is 10.8. The molecule has 1 atom stereocenters. The third kappa shape index (κ3) is 1.74. The number of H-pyrrole nitrogens is 1. The highest BCUT2D eigenvalue weighted by molar-refractivity contribution is 5.83. The fraction of sp³-hybridized carbons (Fsp3) is 0.429. The van der Waals surface area contributed by atoms with Crippen LogP contribution < -0.4 is 5.32 Å². The van der Waals surface area contributed by atoms with Crippen molar-refractivity contribution in [3.8, 4) is 0 Å². The van der Waals surface area contributed by atoms with E-state index in [1.54, 1.807) is 0 Å². The molecule has 1 aromatic heterocycles. The zero-order valence-electron chi connectivity index (χ0n) is 9.50. The van der Waals surface area contributed by atoms with Crippen molar-refractivity contribution in [2.75, 3.05) is 13.1 Å². The van der Waals surface area contributed by atoms with Gasteiger partial charge in [-0.15, -0.1) is 0 Å². The van der Waals surface area contributed by atoms with Crippen molar-refractivity contribution in [2.24, 2.45) is 0 Å². The van der Waals surface area contributed by atoms with Crippen molar-refractivity contribution in [1.29, 1.82) is 0 Å². The Morgan fingerprint density at radius 2 is 2.06 bits per heavy atom. The summed E-state index contributed by atoms with van der Waals surface area (Å²) >= 11 is 0. The Morgan fingerprint density at radius 3 is 3.06 bits per heavy atom. The lowest BCUT2D eigenvalue weighted by Crippen LogP contribution is -2.13. The molecule has 3 rings (SSSR count). The fourth-order valence-electron chi connectivity index (χ4n) is 2.80. The Labute approximate surface area is 96.1 Å². The van der Waals surface area contributed by atoms with Crippen LogP contribution in [0.2, 0.25) is 0 Å². The van der Waals surface area contributed by atoms with Crippen LogP contribution in [0.4, 0.5) is 0 Å². The quantitative estimate of drug-likeness (QED) is 0.750. The van der Waals surface area contributed by atoms with E-state index in [1.165, 1.54) is 42.3 Å². The van der Waals surface area contributed by atoms with E-state index >= 15 is 0 Å². The van der Waals surface area contributed by atoms with Crippen LogP contribution in [0.1, 0.15) is 30.7 Å². The molecule has 1 saturated heterocycles. The molecule has 0 aliphatic carbocycles. The lowest BCUT2D eigenvalue weighted by atomic mass is 9.90. The summed E-state index contributed by atoms with van der Waals surface area (Å²) in [7, 11) is 0. The Hall–Kier alpha value is -1.28. The van der Waals surface area contributed by atoms with E-state index in [2.05, 4.69) is 34.6 Å². The third-order valence-corrected chi connectivity index (χ3v) is 3.64. The predicted molar refractivity (Wildman–Crippen MR) is 67.8 cm³/mol. The lowest BCUT2D eigenvalue weighted by molar-refractivity contribution is 0.613. The molecule has 1 aliphatic heterocycles. The van der Waals surface area contributed by atoms with Gasteiger partial charge in [-0.1, -0.05) is 12.1 Å². The molecule has 0 saturated carbocycles. The predicted octanol–water partition coefficient (Wildman–Crippen LogP) is 3.03. The molecule has 1 aromatic carbocycles. The molecule has 0 amide bonds. The van der Waals surface area contributed by atoms with Crippen molar-refractivity contribution in [1.82, 2.24) is 10.3 Å². The maximum absolute atomic E-state index is 3.48. The van der Waals surface area contributed by atoms with Gasteiger partial charge in [0.1, 0.15) is 0 Å². The number of hydrogen-bond donors (Lipinski definition) is 2. The van der Waals surface area contributed by atoms with Crippen LogP contribution in [0.25, 0.3) is 10.9 Å². The minimum Gasteiger partial charge on any atom is -0.361 e. The van der Waals surface area contributed by atoms with Crippen molar-refractivity contribution in [2.45, 2.75) is 25.2 Å². The van der Waals surface area contributed by atoms with E-state index in [0.717, 1.165) is 12.5 Å². The normalized spacial score (nSPS) is 22.1. The van der Waals surface area contributed by atoms with E-state index in [0.29, 0.717) is 0 Å². The smallest absolute Gasteiger partial charge is 0.0456 e. The summed E-state index contributed by atoms with van der Waals surface area (Å²) < 4.78 is 0. The van der Waals surface area contributed by atoms with E-state index in [-0.39, 0.29) is 0 Å². The molecule has 2 nitrogen and oxygen atoms in total. The van der Waals surface area contributed by atoms with Gasteiger partial charge < -0.3 is 10.3 Å². The van der Waals surface area contributed by atoms with Gasteiger partial charge in [-0.05, 0) is 56.0 Å². The van der Waals surface area contributed by atoms with Gasteiger partial charge in [0.2, 0.25) is 0 Å². The lowest BCUT2D eigenvalue weighted by Gasteiger charge is -2.15. The highest BCUT2D eigenvalue weighted by atomic mass is 14.8. The molecule has 1 aliphatic rings. The first-order valence-electron chi connectivity index (χ1n) is 6.22. The average Bonchev–Trinajstić information content (AvgIpc) is 2.63. The number of nitrogens with one attached hydrogen (secondary N) is 2. The Bertz CT molecular complexity index is 464. The minimum absolute atomic E-state index is 0.731. The number of hydrogen-bond acceptors (Lipinski definition) is 1. The summed E-state index contributed by atoms with van der Waals surface area (Å²) in [6.45, 7) is 2.34. The molecule has 0 spiro atoms. The molecule has 0 radical (unpaired) electrons. The summed E-state index contributed by atoms with van der Waals surface area (Å²) in [5.74, 6) is 0.731. The standard InChI is InChI=1S/C14H18N2/c1-4-12(11-3-2-8-15-9-6-11)13-7-10-16-14(13)5-1/h1,4-5,7,10-11,15-16H,2-3,6,8-9H2. The van der Waals surface area contributed by atoms with Crippen molar-refractivity contribution >= 4 is 10.9 Å². The number of aromatic amines is 1. The van der Waals surface area contributed by atoms with Gasteiger partial charge in [0.05, 0.1) is 0 Å². The summed E-state index contributed by atoms with van der Waals surface area (Å²) in [5.41, 5.74) is 2.80. The summed E-state index contributed by atoms with van der Waals surface area (Å²) in [5, 5.41) is 4.89. The summed E-state index contributed by atoms with van der Waals surface area (Å²) in [4.78, 5) is 3.30. The second kappa shape index (κ2) is 4.30. The Kier molecular flexibility index (Phi) is 2.66. The minimum atomic E-state index is 0.731. The van der Waals surface area contributed by atoms with Crippen LogP contribution in [-0.4, -0.2) is 18.1 Å². The molecule has 2 heteroatoms. The largest absolute Gasteiger partial charge is 0.361 e. The molecular formula is C14H18N2.